The van der Waals surface area contributed by atoms with Crippen molar-refractivity contribution in [2.45, 2.75) is 25.8 Å². The number of hydrogen-bond acceptors (Lipinski definition) is 3. The molecule has 1 unspecified atom stereocenters. The molecular weight excluding hydrogens is 337 g/mol. The molecule has 1 atom stereocenters. The van der Waals surface area contributed by atoms with Gasteiger partial charge in [-0.05, 0) is 41.5 Å². The van der Waals surface area contributed by atoms with Gasteiger partial charge in [-0.15, -0.1) is 0 Å². The van der Waals surface area contributed by atoms with Gasteiger partial charge in [0.25, 0.3) is 0 Å². The zero-order valence-electron chi connectivity index (χ0n) is 15.0. The van der Waals surface area contributed by atoms with Gasteiger partial charge in [-0.3, -0.25) is 9.67 Å². The summed E-state index contributed by atoms with van der Waals surface area (Å²) in [4.78, 5) is 4.26. The summed E-state index contributed by atoms with van der Waals surface area (Å²) in [5.41, 5.74) is 2.10. The van der Waals surface area contributed by atoms with E-state index in [-0.39, 0.29) is 5.82 Å². The number of halogens is 1. The summed E-state index contributed by atoms with van der Waals surface area (Å²) in [6.07, 6.45) is 5.77. The monoisotopic (exact) mass is 363 g/mol. The van der Waals surface area contributed by atoms with Crippen molar-refractivity contribution >= 4 is 17.7 Å². The third-order valence-electron chi connectivity index (χ3n) is 3.81. The lowest BCUT2D eigenvalue weighted by molar-refractivity contribution is 0.443. The highest BCUT2D eigenvalue weighted by Crippen LogP contribution is 2.16. The van der Waals surface area contributed by atoms with Gasteiger partial charge in [0, 0.05) is 44.8 Å². The topological polar surface area (TPSA) is 54.2 Å². The van der Waals surface area contributed by atoms with Crippen molar-refractivity contribution in [2.24, 2.45) is 10.9 Å². The first-order chi connectivity index (χ1) is 12.1. The second-order valence-corrected chi connectivity index (χ2v) is 6.85. The molecule has 0 aliphatic heterocycles. The molecule has 0 amide bonds. The fourth-order valence-electron chi connectivity index (χ4n) is 2.52. The molecule has 2 N–H and O–H groups in total. The van der Waals surface area contributed by atoms with Gasteiger partial charge >= 0.3 is 0 Å². The maximum absolute atomic E-state index is 13.4. The molecule has 5 nitrogen and oxygen atoms in total. The van der Waals surface area contributed by atoms with E-state index in [1.54, 1.807) is 31.1 Å². The minimum atomic E-state index is -0.192. The van der Waals surface area contributed by atoms with Gasteiger partial charge in [0.2, 0.25) is 0 Å². The molecule has 1 aromatic carbocycles. The van der Waals surface area contributed by atoms with Crippen molar-refractivity contribution < 1.29 is 4.39 Å². The Morgan fingerprint density at radius 2 is 2.20 bits per heavy atom. The van der Waals surface area contributed by atoms with Crippen molar-refractivity contribution in [2.75, 3.05) is 19.8 Å². The maximum Gasteiger partial charge on any atom is 0.191 e. The Morgan fingerprint density at radius 1 is 1.36 bits per heavy atom. The Labute approximate surface area is 153 Å². The molecule has 1 aromatic heterocycles. The van der Waals surface area contributed by atoms with Gasteiger partial charge in [-0.25, -0.2) is 4.39 Å². The predicted octanol–water partition coefficient (Wildman–Crippen LogP) is 2.89. The highest BCUT2D eigenvalue weighted by Gasteiger charge is 2.07. The lowest BCUT2D eigenvalue weighted by Gasteiger charge is -2.17. The van der Waals surface area contributed by atoms with Gasteiger partial charge in [-0.1, -0.05) is 13.0 Å². The maximum atomic E-state index is 13.4. The molecule has 0 radical (unpaired) electrons. The number of thioether (sulfide) groups is 1. The van der Waals surface area contributed by atoms with Gasteiger partial charge in [0.1, 0.15) is 5.82 Å². The molecule has 0 saturated heterocycles. The van der Waals surface area contributed by atoms with Crippen molar-refractivity contribution in [1.29, 1.82) is 0 Å². The van der Waals surface area contributed by atoms with Crippen LogP contribution in [-0.2, 0) is 18.8 Å². The number of nitrogens with zero attached hydrogens (tertiary/aromatic N) is 3. The summed E-state index contributed by atoms with van der Waals surface area (Å²) in [6.45, 7) is 4.43. The SMILES string of the molecule is CN=C(NCc1ccc(F)cc1CSC)NCC(C)Cn1cccn1. The zero-order valence-corrected chi connectivity index (χ0v) is 15.8. The number of rotatable bonds is 8. The molecule has 7 heteroatoms. The van der Waals surface area contributed by atoms with Gasteiger partial charge in [0.05, 0.1) is 0 Å². The lowest BCUT2D eigenvalue weighted by atomic mass is 10.1. The average molecular weight is 364 g/mol. The predicted molar refractivity (Wildman–Crippen MR) is 103 cm³/mol. The number of guanidine groups is 1. The Hall–Kier alpha value is -2.02. The first-order valence-electron chi connectivity index (χ1n) is 8.30. The van der Waals surface area contributed by atoms with Crippen LogP contribution in [0.3, 0.4) is 0 Å². The second-order valence-electron chi connectivity index (χ2n) is 5.99. The molecule has 25 heavy (non-hydrogen) atoms. The van der Waals surface area contributed by atoms with Crippen molar-refractivity contribution in [3.05, 3.63) is 53.6 Å². The van der Waals surface area contributed by atoms with E-state index in [4.69, 9.17) is 0 Å². The first-order valence-corrected chi connectivity index (χ1v) is 9.70. The van der Waals surface area contributed by atoms with Crippen LogP contribution in [0.4, 0.5) is 4.39 Å². The first kappa shape index (κ1) is 19.3. The fourth-order valence-corrected chi connectivity index (χ4v) is 3.10. The normalized spacial score (nSPS) is 12.9. The number of aliphatic imine (C=N–C) groups is 1. The molecule has 0 spiro atoms. The van der Waals surface area contributed by atoms with E-state index in [1.807, 2.05) is 29.3 Å². The molecule has 1 heterocycles. The van der Waals surface area contributed by atoms with Crippen LogP contribution in [0, 0.1) is 11.7 Å². The van der Waals surface area contributed by atoms with Crippen LogP contribution in [0.1, 0.15) is 18.1 Å². The Balaban J connectivity index is 1.84. The van der Waals surface area contributed by atoms with Crippen LogP contribution in [0.2, 0.25) is 0 Å². The molecule has 0 aliphatic carbocycles. The van der Waals surface area contributed by atoms with Crippen LogP contribution < -0.4 is 10.6 Å². The van der Waals surface area contributed by atoms with Crippen molar-refractivity contribution in [3.8, 4) is 0 Å². The number of hydrogen-bond donors (Lipinski definition) is 2. The zero-order chi connectivity index (χ0) is 18.1. The van der Waals surface area contributed by atoms with E-state index in [9.17, 15) is 4.39 Å². The number of aromatic nitrogens is 2. The van der Waals surface area contributed by atoms with E-state index < -0.39 is 0 Å². The van der Waals surface area contributed by atoms with Crippen LogP contribution in [0.5, 0.6) is 0 Å². The average Bonchev–Trinajstić information content (AvgIpc) is 3.09. The molecule has 136 valence electrons. The molecule has 0 aliphatic rings. The Kier molecular flexibility index (Phi) is 7.78. The largest absolute Gasteiger partial charge is 0.356 e. The molecule has 0 bridgehead atoms. The molecule has 2 rings (SSSR count). The van der Waals surface area contributed by atoms with E-state index in [0.717, 1.165) is 35.9 Å². The van der Waals surface area contributed by atoms with E-state index >= 15 is 0 Å². The third kappa shape index (κ3) is 6.42. The summed E-state index contributed by atoms with van der Waals surface area (Å²) in [5.74, 6) is 1.76. The van der Waals surface area contributed by atoms with E-state index in [2.05, 4.69) is 27.6 Å². The van der Waals surface area contributed by atoms with Gasteiger partial charge in [-0.2, -0.15) is 16.9 Å². The molecular formula is C18H26FN5S. The van der Waals surface area contributed by atoms with E-state index in [0.29, 0.717) is 12.5 Å². The number of nitrogens with one attached hydrogen (secondary N) is 2. The number of benzene rings is 1. The molecule has 0 saturated carbocycles. The van der Waals surface area contributed by atoms with Crippen LogP contribution in [0.25, 0.3) is 0 Å². The fraction of sp³-hybridized carbons (Fsp3) is 0.444. The van der Waals surface area contributed by atoms with Gasteiger partial charge < -0.3 is 10.6 Å². The standard InChI is InChI=1S/C18H26FN5S/c1-14(12-24-8-4-7-23-24)10-21-18(20-2)22-11-15-5-6-17(19)9-16(15)13-25-3/h4-9,14H,10-13H2,1-3H3,(H2,20,21,22). The molecule has 2 aromatic rings. The Morgan fingerprint density at radius 3 is 2.88 bits per heavy atom. The minimum Gasteiger partial charge on any atom is -0.356 e. The highest BCUT2D eigenvalue weighted by molar-refractivity contribution is 7.97. The minimum absolute atomic E-state index is 0.192. The summed E-state index contributed by atoms with van der Waals surface area (Å²) in [5, 5.41) is 10.9. The quantitative estimate of drug-likeness (QED) is 0.559. The summed E-state index contributed by atoms with van der Waals surface area (Å²) < 4.78 is 15.4. The van der Waals surface area contributed by atoms with Crippen LogP contribution in [0.15, 0.2) is 41.7 Å². The second kappa shape index (κ2) is 10.1. The molecule has 0 fully saturated rings. The summed E-state index contributed by atoms with van der Waals surface area (Å²) >= 11 is 1.68. The lowest BCUT2D eigenvalue weighted by Crippen LogP contribution is -2.39. The van der Waals surface area contributed by atoms with E-state index in [1.165, 1.54) is 6.07 Å². The van der Waals surface area contributed by atoms with Crippen LogP contribution in [-0.4, -0.2) is 35.6 Å². The smallest absolute Gasteiger partial charge is 0.191 e. The Bertz CT molecular complexity index is 672. The van der Waals surface area contributed by atoms with Crippen LogP contribution >= 0.6 is 11.8 Å². The van der Waals surface area contributed by atoms with Gasteiger partial charge in [0.15, 0.2) is 5.96 Å². The van der Waals surface area contributed by atoms with Crippen molar-refractivity contribution in [3.63, 3.8) is 0 Å². The summed E-state index contributed by atoms with van der Waals surface area (Å²) in [6, 6.07) is 6.87. The summed E-state index contributed by atoms with van der Waals surface area (Å²) in [7, 11) is 1.75. The highest BCUT2D eigenvalue weighted by atomic mass is 32.2. The van der Waals surface area contributed by atoms with Crippen molar-refractivity contribution in [1.82, 2.24) is 20.4 Å². The third-order valence-corrected chi connectivity index (χ3v) is 4.41.